The van der Waals surface area contributed by atoms with E-state index in [0.29, 0.717) is 12.0 Å². The zero-order valence-corrected chi connectivity index (χ0v) is 7.82. The molecule has 15 heavy (non-hydrogen) atoms. The van der Waals surface area contributed by atoms with E-state index in [1.165, 1.54) is 12.5 Å². The summed E-state index contributed by atoms with van der Waals surface area (Å²) in [6.45, 7) is 0.484. The summed E-state index contributed by atoms with van der Waals surface area (Å²) >= 11 is 0. The third-order valence-electron chi connectivity index (χ3n) is 1.92. The lowest BCUT2D eigenvalue weighted by Gasteiger charge is -1.98. The predicted octanol–water partition coefficient (Wildman–Crippen LogP) is -1.91. The van der Waals surface area contributed by atoms with Crippen molar-refractivity contribution < 1.29 is 19.3 Å². The summed E-state index contributed by atoms with van der Waals surface area (Å²) in [4.78, 5) is 4.05. The molecule has 0 radical (unpaired) electrons. The zero-order chi connectivity index (χ0) is 10.7. The highest BCUT2D eigenvalue weighted by molar-refractivity contribution is 6.58. The summed E-state index contributed by atoms with van der Waals surface area (Å²) < 4.78 is 6.23. The van der Waals surface area contributed by atoms with Crippen molar-refractivity contribution >= 4 is 12.6 Å². The SMILES string of the molecule is OB(O)c1ccc(C[n+]2ccon2)nc1. The molecule has 0 unspecified atom stereocenters. The Balaban J connectivity index is 2.11. The van der Waals surface area contributed by atoms with Gasteiger partial charge in [-0.15, -0.1) is 0 Å². The van der Waals surface area contributed by atoms with Crippen LogP contribution in [0.3, 0.4) is 0 Å². The summed E-state index contributed by atoms with van der Waals surface area (Å²) in [7, 11) is -1.48. The molecule has 7 heteroatoms. The molecule has 0 fully saturated rings. The molecule has 0 saturated carbocycles. The lowest BCUT2D eigenvalue weighted by atomic mass is 9.82. The Labute approximate surface area is 85.9 Å². The Morgan fingerprint density at radius 3 is 2.80 bits per heavy atom. The van der Waals surface area contributed by atoms with E-state index in [0.717, 1.165) is 5.69 Å². The summed E-state index contributed by atoms with van der Waals surface area (Å²) in [5.74, 6) is 0. The van der Waals surface area contributed by atoms with Gasteiger partial charge < -0.3 is 14.6 Å². The molecule has 2 heterocycles. The van der Waals surface area contributed by atoms with E-state index >= 15 is 0 Å². The van der Waals surface area contributed by atoms with E-state index in [1.807, 2.05) is 0 Å². The normalized spacial score (nSPS) is 10.3. The molecule has 2 N–H and O–H groups in total. The van der Waals surface area contributed by atoms with Crippen LogP contribution in [0.5, 0.6) is 0 Å². The van der Waals surface area contributed by atoms with Crippen LogP contribution in [0.4, 0.5) is 0 Å². The van der Waals surface area contributed by atoms with Gasteiger partial charge in [-0.05, 0) is 10.7 Å². The lowest BCUT2D eigenvalue weighted by Crippen LogP contribution is -2.36. The maximum absolute atomic E-state index is 8.85. The van der Waals surface area contributed by atoms with Crippen molar-refractivity contribution in [1.82, 2.24) is 10.3 Å². The molecule has 0 atom stereocenters. The highest BCUT2D eigenvalue weighted by Crippen LogP contribution is 1.91. The number of rotatable bonds is 3. The van der Waals surface area contributed by atoms with Crippen molar-refractivity contribution in [2.75, 3.05) is 0 Å². The van der Waals surface area contributed by atoms with Crippen molar-refractivity contribution in [3.63, 3.8) is 0 Å². The van der Waals surface area contributed by atoms with Crippen LogP contribution in [0.15, 0.2) is 35.3 Å². The highest BCUT2D eigenvalue weighted by atomic mass is 16.5. The van der Waals surface area contributed by atoms with Gasteiger partial charge in [0.15, 0.2) is 11.5 Å². The average molecular weight is 206 g/mol. The highest BCUT2D eigenvalue weighted by Gasteiger charge is 2.12. The van der Waals surface area contributed by atoms with E-state index in [-0.39, 0.29) is 0 Å². The Morgan fingerprint density at radius 2 is 2.27 bits per heavy atom. The van der Waals surface area contributed by atoms with Crippen molar-refractivity contribution in [1.29, 1.82) is 0 Å². The van der Waals surface area contributed by atoms with Gasteiger partial charge in [-0.25, -0.2) is 0 Å². The number of pyridine rings is 1. The summed E-state index contributed by atoms with van der Waals surface area (Å²) in [5.41, 5.74) is 1.13. The molecule has 6 nitrogen and oxygen atoms in total. The molecule has 0 aromatic carbocycles. The van der Waals surface area contributed by atoms with Gasteiger partial charge in [0.1, 0.15) is 5.69 Å². The molecule has 0 amide bonds. The standard InChI is InChI=1S/C8H9BN3O3/c13-9(14)7-1-2-8(10-5-7)6-12-3-4-15-11-12/h1-5,13-14H,6H2/q+1. The van der Waals surface area contributed by atoms with Crippen LogP contribution in [0.2, 0.25) is 0 Å². The molecule has 0 aliphatic heterocycles. The van der Waals surface area contributed by atoms with Crippen LogP contribution in [0, 0.1) is 0 Å². The van der Waals surface area contributed by atoms with Gasteiger partial charge in [0.25, 0.3) is 0 Å². The molecule has 0 spiro atoms. The zero-order valence-electron chi connectivity index (χ0n) is 7.82. The van der Waals surface area contributed by atoms with Crippen molar-refractivity contribution in [2.45, 2.75) is 6.54 Å². The maximum Gasteiger partial charge on any atom is 0.490 e. The fourth-order valence-corrected chi connectivity index (χ4v) is 1.14. The first-order valence-electron chi connectivity index (χ1n) is 4.37. The first kappa shape index (κ1) is 9.82. The molecule has 76 valence electrons. The second kappa shape index (κ2) is 4.20. The molecule has 2 aromatic heterocycles. The smallest absolute Gasteiger partial charge is 0.423 e. The minimum Gasteiger partial charge on any atom is -0.423 e. The second-order valence-corrected chi connectivity index (χ2v) is 3.03. The van der Waals surface area contributed by atoms with E-state index in [2.05, 4.69) is 14.8 Å². The van der Waals surface area contributed by atoms with Gasteiger partial charge in [-0.1, -0.05) is 6.07 Å². The summed E-state index contributed by atoms with van der Waals surface area (Å²) in [6.07, 6.45) is 4.56. The van der Waals surface area contributed by atoms with Crippen molar-refractivity contribution in [2.24, 2.45) is 0 Å². The summed E-state index contributed by atoms with van der Waals surface area (Å²) in [6, 6.07) is 3.31. The number of aromatic nitrogens is 3. The van der Waals surface area contributed by atoms with Gasteiger partial charge in [-0.2, -0.15) is 0 Å². The molecular weight excluding hydrogens is 197 g/mol. The molecule has 2 aromatic rings. The number of hydrogen-bond donors (Lipinski definition) is 2. The van der Waals surface area contributed by atoms with Crippen molar-refractivity contribution in [3.8, 4) is 0 Å². The molecule has 0 saturated heterocycles. The number of hydrogen-bond acceptors (Lipinski definition) is 5. The molecular formula is C8H9BN3O3+. The Bertz CT molecular complexity index is 415. The van der Waals surface area contributed by atoms with Crippen LogP contribution >= 0.6 is 0 Å². The van der Waals surface area contributed by atoms with E-state index in [1.54, 1.807) is 23.0 Å². The van der Waals surface area contributed by atoms with Crippen LogP contribution in [-0.2, 0) is 6.54 Å². The van der Waals surface area contributed by atoms with Crippen LogP contribution < -0.4 is 10.1 Å². The quantitative estimate of drug-likeness (QED) is 0.452. The largest absolute Gasteiger partial charge is 0.490 e. The fraction of sp³-hybridized carbons (Fsp3) is 0.125. The Morgan fingerprint density at radius 1 is 1.40 bits per heavy atom. The average Bonchev–Trinajstić information content (AvgIpc) is 2.71. The van der Waals surface area contributed by atoms with Crippen LogP contribution in [-0.4, -0.2) is 27.4 Å². The first-order chi connectivity index (χ1) is 7.25. The predicted molar refractivity (Wildman–Crippen MR) is 49.9 cm³/mol. The van der Waals surface area contributed by atoms with E-state index in [4.69, 9.17) is 10.0 Å². The van der Waals surface area contributed by atoms with Gasteiger partial charge in [0, 0.05) is 11.7 Å². The molecule has 0 aliphatic carbocycles. The van der Waals surface area contributed by atoms with Crippen molar-refractivity contribution in [3.05, 3.63) is 36.5 Å². The van der Waals surface area contributed by atoms with Gasteiger partial charge in [0.2, 0.25) is 12.7 Å². The molecule has 0 bridgehead atoms. The maximum atomic E-state index is 8.85. The molecule has 0 aliphatic rings. The summed E-state index contributed by atoms with van der Waals surface area (Å²) in [5, 5.41) is 21.4. The first-order valence-corrected chi connectivity index (χ1v) is 4.37. The van der Waals surface area contributed by atoms with E-state index < -0.39 is 7.12 Å². The Hall–Kier alpha value is -1.73. The van der Waals surface area contributed by atoms with Gasteiger partial charge in [0.05, 0.1) is 0 Å². The number of nitrogens with zero attached hydrogens (tertiary/aromatic N) is 3. The topological polar surface area (TPSA) is 83.3 Å². The van der Waals surface area contributed by atoms with Gasteiger partial charge >= 0.3 is 7.12 Å². The molecule has 2 rings (SSSR count). The minimum absolute atomic E-state index is 0.365. The van der Waals surface area contributed by atoms with E-state index in [9.17, 15) is 0 Å². The van der Waals surface area contributed by atoms with Gasteiger partial charge in [-0.3, -0.25) is 4.98 Å². The Kier molecular flexibility index (Phi) is 2.75. The fourth-order valence-electron chi connectivity index (χ4n) is 1.14. The van der Waals surface area contributed by atoms with Crippen LogP contribution in [0.25, 0.3) is 0 Å². The third-order valence-corrected chi connectivity index (χ3v) is 1.92. The second-order valence-electron chi connectivity index (χ2n) is 3.03. The monoisotopic (exact) mass is 206 g/mol. The third kappa shape index (κ3) is 2.39. The van der Waals surface area contributed by atoms with Crippen LogP contribution in [0.1, 0.15) is 5.69 Å². The lowest BCUT2D eigenvalue weighted by molar-refractivity contribution is -0.755. The minimum atomic E-state index is -1.48.